The molecule has 4 aromatic rings. The molecule has 1 heterocycles. The SMILES string of the molecule is c1ccc(-p2p(-c3ccccc3)p2-c2ccccc2)cc1. The zero-order valence-corrected chi connectivity index (χ0v) is 14.2. The predicted octanol–water partition coefficient (Wildman–Crippen LogP) is 7.61. The van der Waals surface area contributed by atoms with Crippen LogP contribution in [0.15, 0.2) is 91.0 Å². The first-order valence-corrected chi connectivity index (χ1v) is 13.1. The summed E-state index contributed by atoms with van der Waals surface area (Å²) in [5.74, 6) is 0. The van der Waals surface area contributed by atoms with Gasteiger partial charge in [-0.3, -0.25) is 0 Å². The molecule has 0 saturated heterocycles. The molecule has 0 N–H and O–H groups in total. The summed E-state index contributed by atoms with van der Waals surface area (Å²) < 4.78 is 0. The van der Waals surface area contributed by atoms with Crippen molar-refractivity contribution in [3.63, 3.8) is 0 Å². The highest BCUT2D eigenvalue weighted by Gasteiger charge is 2.26. The number of hydrogen-bond donors (Lipinski definition) is 0. The molecule has 0 aliphatic heterocycles. The van der Waals surface area contributed by atoms with Gasteiger partial charge in [0.1, 0.15) is 0 Å². The summed E-state index contributed by atoms with van der Waals surface area (Å²) in [5.41, 5.74) is 0. The van der Waals surface area contributed by atoms with E-state index in [4.69, 9.17) is 0 Å². The Morgan fingerprint density at radius 2 is 0.571 bits per heavy atom. The summed E-state index contributed by atoms with van der Waals surface area (Å²) in [6.07, 6.45) is 0. The van der Waals surface area contributed by atoms with Crippen LogP contribution in [0.25, 0.3) is 15.9 Å². The van der Waals surface area contributed by atoms with Crippen molar-refractivity contribution in [3.8, 4) is 15.9 Å². The van der Waals surface area contributed by atoms with E-state index >= 15 is 0 Å². The van der Waals surface area contributed by atoms with E-state index in [9.17, 15) is 0 Å². The zero-order valence-electron chi connectivity index (χ0n) is 11.5. The van der Waals surface area contributed by atoms with Crippen molar-refractivity contribution in [1.82, 2.24) is 0 Å². The van der Waals surface area contributed by atoms with E-state index < -0.39 is 0 Å². The summed E-state index contributed by atoms with van der Waals surface area (Å²) in [6.45, 7) is 0.0139. The fourth-order valence-corrected chi connectivity index (χ4v) is 23.6. The van der Waals surface area contributed by atoms with Gasteiger partial charge in [0.2, 0.25) is 0 Å². The van der Waals surface area contributed by atoms with Crippen molar-refractivity contribution in [3.05, 3.63) is 91.0 Å². The third-order valence-corrected chi connectivity index (χ3v) is 20.4. The van der Waals surface area contributed by atoms with Crippen LogP contribution >= 0.6 is 20.7 Å². The molecule has 0 aliphatic carbocycles. The van der Waals surface area contributed by atoms with Gasteiger partial charge in [0.05, 0.1) is 0 Å². The van der Waals surface area contributed by atoms with E-state index in [-0.39, 0.29) is 20.7 Å². The van der Waals surface area contributed by atoms with E-state index in [2.05, 4.69) is 91.0 Å². The van der Waals surface area contributed by atoms with E-state index in [1.165, 1.54) is 0 Å². The summed E-state index contributed by atoms with van der Waals surface area (Å²) in [7, 11) is 0. The average molecular weight is 324 g/mol. The minimum Gasteiger partial charge on any atom is -0.0622 e. The van der Waals surface area contributed by atoms with Crippen molar-refractivity contribution in [1.29, 1.82) is 0 Å². The van der Waals surface area contributed by atoms with Gasteiger partial charge in [0.25, 0.3) is 0 Å². The first kappa shape index (κ1) is 13.2. The van der Waals surface area contributed by atoms with E-state index in [0.29, 0.717) is 0 Å². The Morgan fingerprint density at radius 3 is 0.810 bits per heavy atom. The predicted molar refractivity (Wildman–Crippen MR) is 98.6 cm³/mol. The molecule has 0 saturated carbocycles. The lowest BCUT2D eigenvalue weighted by Gasteiger charge is -1.93. The van der Waals surface area contributed by atoms with Crippen LogP contribution < -0.4 is 0 Å². The van der Waals surface area contributed by atoms with Gasteiger partial charge in [-0.15, -0.1) is 0 Å². The topological polar surface area (TPSA) is 0 Å². The molecule has 0 radical (unpaired) electrons. The Kier molecular flexibility index (Phi) is 3.62. The van der Waals surface area contributed by atoms with E-state index in [0.717, 1.165) is 0 Å². The van der Waals surface area contributed by atoms with E-state index in [1.54, 1.807) is 15.9 Å². The Labute approximate surface area is 127 Å². The Hall–Kier alpha value is -1.44. The molecule has 0 spiro atoms. The molecule has 0 atom stereocenters. The molecular weight excluding hydrogens is 309 g/mol. The fourth-order valence-electron chi connectivity index (χ4n) is 2.47. The van der Waals surface area contributed by atoms with Crippen LogP contribution in [0.4, 0.5) is 0 Å². The van der Waals surface area contributed by atoms with Gasteiger partial charge in [-0.2, -0.15) is 0 Å². The molecule has 21 heavy (non-hydrogen) atoms. The molecular formula is C18H15P3. The molecule has 3 heteroatoms. The maximum Gasteiger partial charge on any atom is 0.00633 e. The van der Waals surface area contributed by atoms with Crippen molar-refractivity contribution in [2.75, 3.05) is 0 Å². The van der Waals surface area contributed by atoms with Crippen LogP contribution in [0.5, 0.6) is 0 Å². The fraction of sp³-hybridized carbons (Fsp3) is 0. The smallest absolute Gasteiger partial charge is 0.00633 e. The standard InChI is InChI=1S/C18H15P3/c1-4-10-16(11-5-1)19-20(17-12-6-2-7-13-17)21(19)18-14-8-3-9-15-18/h1-15H. The minimum absolute atomic E-state index is 0.00463. The Morgan fingerprint density at radius 1 is 0.333 bits per heavy atom. The molecule has 0 bridgehead atoms. The lowest BCUT2D eigenvalue weighted by atomic mass is 10.4. The first-order valence-electron chi connectivity index (χ1n) is 7.00. The molecule has 3 aromatic carbocycles. The van der Waals surface area contributed by atoms with Crippen LogP contribution in [-0.2, 0) is 0 Å². The minimum atomic E-state index is 0.00463. The molecule has 4 rings (SSSR count). The van der Waals surface area contributed by atoms with Gasteiger partial charge in [-0.25, -0.2) is 0 Å². The first-order chi connectivity index (χ1) is 10.4. The molecule has 0 aliphatic rings. The quantitative estimate of drug-likeness (QED) is 0.364. The molecule has 0 unspecified atom stereocenters. The third kappa shape index (κ3) is 2.56. The second-order valence-electron chi connectivity index (χ2n) is 4.87. The maximum absolute atomic E-state index is 2.33. The number of benzene rings is 3. The van der Waals surface area contributed by atoms with Gasteiger partial charge >= 0.3 is 0 Å². The average Bonchev–Trinajstić information content (AvgIpc) is 3.33. The van der Waals surface area contributed by atoms with Crippen LogP contribution in [0.2, 0.25) is 0 Å². The van der Waals surface area contributed by atoms with Crippen LogP contribution in [0, 0.1) is 0 Å². The summed E-state index contributed by atoms with van der Waals surface area (Å²) in [4.78, 5) is 0. The summed E-state index contributed by atoms with van der Waals surface area (Å²) >= 11 is 0. The van der Waals surface area contributed by atoms with Gasteiger partial charge in [0.15, 0.2) is 0 Å². The second-order valence-corrected chi connectivity index (χ2v) is 18.2. The number of rotatable bonds is 3. The van der Waals surface area contributed by atoms with Gasteiger partial charge in [-0.1, -0.05) is 91.0 Å². The monoisotopic (exact) mass is 324 g/mol. The highest BCUT2D eigenvalue weighted by atomic mass is 32.7. The van der Waals surface area contributed by atoms with Crippen molar-refractivity contribution >= 4 is 20.7 Å². The maximum atomic E-state index is 2.33. The summed E-state index contributed by atoms with van der Waals surface area (Å²) in [5, 5.41) is 4.74. The Bertz CT molecular complexity index is 696. The Balaban J connectivity index is 1.88. The highest BCUT2D eigenvalue weighted by molar-refractivity contribution is 8.77. The normalized spacial score (nSPS) is 13.4. The summed E-state index contributed by atoms with van der Waals surface area (Å²) in [6, 6.07) is 33.5. The van der Waals surface area contributed by atoms with Gasteiger partial charge in [0, 0.05) is 15.9 Å². The highest BCUT2D eigenvalue weighted by Crippen LogP contribution is 2.96. The van der Waals surface area contributed by atoms with Crippen LogP contribution in [0.1, 0.15) is 0 Å². The van der Waals surface area contributed by atoms with Crippen molar-refractivity contribution in [2.24, 2.45) is 0 Å². The molecule has 1 aromatic heterocycles. The largest absolute Gasteiger partial charge is 0.0622 e. The van der Waals surface area contributed by atoms with Gasteiger partial charge < -0.3 is 0 Å². The molecule has 0 fully saturated rings. The van der Waals surface area contributed by atoms with Crippen LogP contribution in [-0.4, -0.2) is 0 Å². The van der Waals surface area contributed by atoms with Gasteiger partial charge in [-0.05, 0) is 20.7 Å². The lowest BCUT2D eigenvalue weighted by molar-refractivity contribution is 1.76. The molecule has 102 valence electrons. The van der Waals surface area contributed by atoms with Crippen LogP contribution in [0.3, 0.4) is 0 Å². The molecule has 0 amide bonds. The van der Waals surface area contributed by atoms with Crippen molar-refractivity contribution < 1.29 is 0 Å². The van der Waals surface area contributed by atoms with Crippen molar-refractivity contribution in [2.45, 2.75) is 0 Å². The van der Waals surface area contributed by atoms with E-state index in [1.807, 2.05) is 0 Å². The lowest BCUT2D eigenvalue weighted by Crippen LogP contribution is -1.59. The second kappa shape index (κ2) is 5.75. The number of hydrogen-bond acceptors (Lipinski definition) is 0. The molecule has 0 nitrogen and oxygen atoms in total. The third-order valence-electron chi connectivity index (χ3n) is 3.47. The zero-order chi connectivity index (χ0) is 14.1.